The van der Waals surface area contributed by atoms with Crippen LogP contribution in [0.2, 0.25) is 0 Å². The molecule has 0 unspecified atom stereocenters. The molecule has 0 aliphatic carbocycles. The van der Waals surface area contributed by atoms with Gasteiger partial charge in [-0.1, -0.05) is 12.1 Å². The monoisotopic (exact) mass is 301 g/mol. The number of benzene rings is 1. The van der Waals surface area contributed by atoms with Crippen LogP contribution in [0, 0.1) is 0 Å². The summed E-state index contributed by atoms with van der Waals surface area (Å²) in [6, 6.07) is 5.83. The van der Waals surface area contributed by atoms with Crippen molar-refractivity contribution in [2.75, 3.05) is 20.7 Å². The third-order valence-electron chi connectivity index (χ3n) is 2.40. The zero-order chi connectivity index (χ0) is 12.8. The van der Waals surface area contributed by atoms with Gasteiger partial charge in [0.15, 0.2) is 0 Å². The molecule has 0 heterocycles. The summed E-state index contributed by atoms with van der Waals surface area (Å²) < 4.78 is 6.22. The van der Waals surface area contributed by atoms with Gasteiger partial charge in [0.1, 0.15) is 5.75 Å². The predicted octanol–water partition coefficient (Wildman–Crippen LogP) is 2.36. The summed E-state index contributed by atoms with van der Waals surface area (Å²) in [4.78, 5) is 12.4. The first-order valence-electron chi connectivity index (χ1n) is 5.26. The maximum absolute atomic E-state index is 10.5. The molecular formula is C12H16BrNO3. The number of halogens is 1. The third kappa shape index (κ3) is 4.36. The van der Waals surface area contributed by atoms with Gasteiger partial charge in [-0.3, -0.25) is 4.79 Å². The Morgan fingerprint density at radius 2 is 2.24 bits per heavy atom. The first-order valence-corrected chi connectivity index (χ1v) is 6.05. The van der Waals surface area contributed by atoms with Crippen molar-refractivity contribution in [2.45, 2.75) is 13.0 Å². The standard InChI is InChI=1S/C12H16BrNO3/c1-14(7-6-11(15)16)8-9-4-3-5-10(13)12(9)17-2/h3-5H,6-8H2,1-2H3,(H,15,16). The summed E-state index contributed by atoms with van der Waals surface area (Å²) in [5.74, 6) is 0.0210. The number of carboxylic acids is 1. The Bertz CT molecular complexity index is 395. The minimum absolute atomic E-state index is 0.146. The lowest BCUT2D eigenvalue weighted by Gasteiger charge is -2.18. The fourth-order valence-corrected chi connectivity index (χ4v) is 2.13. The van der Waals surface area contributed by atoms with Crippen LogP contribution in [-0.2, 0) is 11.3 Å². The van der Waals surface area contributed by atoms with Crippen LogP contribution in [0.1, 0.15) is 12.0 Å². The van der Waals surface area contributed by atoms with Gasteiger partial charge in [0.25, 0.3) is 0 Å². The Kier molecular flexibility index (Phi) is 5.44. The van der Waals surface area contributed by atoms with E-state index in [2.05, 4.69) is 15.9 Å². The number of ether oxygens (including phenoxy) is 1. The minimum Gasteiger partial charge on any atom is -0.495 e. The molecule has 0 saturated heterocycles. The second-order valence-electron chi connectivity index (χ2n) is 3.81. The zero-order valence-corrected chi connectivity index (χ0v) is 11.5. The highest BCUT2D eigenvalue weighted by Crippen LogP contribution is 2.29. The molecule has 0 aliphatic heterocycles. The van der Waals surface area contributed by atoms with Crippen LogP contribution in [0.5, 0.6) is 5.75 Å². The molecule has 0 amide bonds. The molecule has 0 atom stereocenters. The van der Waals surface area contributed by atoms with Crippen molar-refractivity contribution in [3.63, 3.8) is 0 Å². The Hall–Kier alpha value is -1.07. The van der Waals surface area contributed by atoms with Crippen LogP contribution in [0.4, 0.5) is 0 Å². The van der Waals surface area contributed by atoms with Gasteiger partial charge in [0.2, 0.25) is 0 Å². The maximum atomic E-state index is 10.5. The van der Waals surface area contributed by atoms with E-state index in [9.17, 15) is 4.79 Å². The smallest absolute Gasteiger partial charge is 0.304 e. The number of carbonyl (C=O) groups is 1. The molecular weight excluding hydrogens is 286 g/mol. The molecule has 0 bridgehead atoms. The van der Waals surface area contributed by atoms with Gasteiger partial charge in [-0.25, -0.2) is 0 Å². The van der Waals surface area contributed by atoms with E-state index in [1.165, 1.54) is 0 Å². The first-order chi connectivity index (χ1) is 8.04. The molecule has 5 heteroatoms. The molecule has 1 N–H and O–H groups in total. The second-order valence-corrected chi connectivity index (χ2v) is 4.67. The highest BCUT2D eigenvalue weighted by Gasteiger charge is 2.10. The predicted molar refractivity (Wildman–Crippen MR) is 69.3 cm³/mol. The molecule has 0 radical (unpaired) electrons. The van der Waals surface area contributed by atoms with Crippen LogP contribution in [0.3, 0.4) is 0 Å². The summed E-state index contributed by atoms with van der Waals surface area (Å²) in [6.07, 6.45) is 0.146. The van der Waals surface area contributed by atoms with Crippen molar-refractivity contribution in [3.05, 3.63) is 28.2 Å². The van der Waals surface area contributed by atoms with Gasteiger partial charge in [0.05, 0.1) is 18.0 Å². The van der Waals surface area contributed by atoms with Gasteiger partial charge in [-0.05, 0) is 29.0 Å². The molecule has 1 aromatic carbocycles. The number of methoxy groups -OCH3 is 1. The summed E-state index contributed by atoms with van der Waals surface area (Å²) in [7, 11) is 3.52. The number of hydrogen-bond acceptors (Lipinski definition) is 3. The molecule has 0 fully saturated rings. The molecule has 17 heavy (non-hydrogen) atoms. The van der Waals surface area contributed by atoms with Gasteiger partial charge in [-0.2, -0.15) is 0 Å². The van der Waals surface area contributed by atoms with E-state index in [4.69, 9.17) is 9.84 Å². The van der Waals surface area contributed by atoms with Crippen LogP contribution in [-0.4, -0.2) is 36.7 Å². The van der Waals surface area contributed by atoms with Crippen molar-refractivity contribution in [3.8, 4) is 5.75 Å². The number of rotatable bonds is 6. The normalized spacial score (nSPS) is 10.6. The lowest BCUT2D eigenvalue weighted by Crippen LogP contribution is -2.21. The largest absolute Gasteiger partial charge is 0.495 e. The molecule has 0 aliphatic rings. The Morgan fingerprint density at radius 3 is 2.82 bits per heavy atom. The van der Waals surface area contributed by atoms with E-state index < -0.39 is 5.97 Å². The summed E-state index contributed by atoms with van der Waals surface area (Å²) >= 11 is 3.42. The zero-order valence-electron chi connectivity index (χ0n) is 9.94. The fourth-order valence-electron chi connectivity index (χ4n) is 1.56. The Labute approximate surface area is 109 Å². The van der Waals surface area contributed by atoms with Gasteiger partial charge in [0, 0.05) is 18.7 Å². The van der Waals surface area contributed by atoms with Crippen molar-refractivity contribution < 1.29 is 14.6 Å². The minimum atomic E-state index is -0.780. The average Bonchev–Trinajstić information content (AvgIpc) is 2.27. The lowest BCUT2D eigenvalue weighted by molar-refractivity contribution is -0.137. The Balaban J connectivity index is 2.67. The van der Waals surface area contributed by atoms with Crippen LogP contribution in [0.25, 0.3) is 0 Å². The average molecular weight is 302 g/mol. The SMILES string of the molecule is COc1c(Br)cccc1CN(C)CCC(=O)O. The van der Waals surface area contributed by atoms with Crippen molar-refractivity contribution in [1.29, 1.82) is 0 Å². The van der Waals surface area contributed by atoms with Crippen LogP contribution in [0.15, 0.2) is 22.7 Å². The number of para-hydroxylation sites is 1. The third-order valence-corrected chi connectivity index (χ3v) is 3.02. The molecule has 1 aromatic rings. The molecule has 0 aromatic heterocycles. The molecule has 1 rings (SSSR count). The van der Waals surface area contributed by atoms with E-state index >= 15 is 0 Å². The first kappa shape index (κ1) is 14.0. The van der Waals surface area contributed by atoms with E-state index in [0.29, 0.717) is 13.1 Å². The van der Waals surface area contributed by atoms with E-state index in [0.717, 1.165) is 15.8 Å². The van der Waals surface area contributed by atoms with Gasteiger partial charge >= 0.3 is 5.97 Å². The lowest BCUT2D eigenvalue weighted by atomic mass is 10.2. The topological polar surface area (TPSA) is 49.8 Å². The summed E-state index contributed by atoms with van der Waals surface area (Å²) in [5.41, 5.74) is 1.04. The molecule has 4 nitrogen and oxygen atoms in total. The van der Waals surface area contributed by atoms with Gasteiger partial charge < -0.3 is 14.7 Å². The van der Waals surface area contributed by atoms with Crippen LogP contribution >= 0.6 is 15.9 Å². The highest BCUT2D eigenvalue weighted by molar-refractivity contribution is 9.10. The fraction of sp³-hybridized carbons (Fsp3) is 0.417. The maximum Gasteiger partial charge on any atom is 0.304 e. The van der Waals surface area contributed by atoms with Crippen molar-refractivity contribution >= 4 is 21.9 Å². The number of aliphatic carboxylic acids is 1. The second kappa shape index (κ2) is 6.61. The van der Waals surface area contributed by atoms with E-state index in [1.54, 1.807) is 7.11 Å². The number of hydrogen-bond donors (Lipinski definition) is 1. The van der Waals surface area contributed by atoms with Crippen molar-refractivity contribution in [1.82, 2.24) is 4.90 Å². The van der Waals surface area contributed by atoms with Crippen LogP contribution < -0.4 is 4.74 Å². The number of nitrogens with zero attached hydrogens (tertiary/aromatic N) is 1. The molecule has 0 saturated carbocycles. The van der Waals surface area contributed by atoms with E-state index in [1.807, 2.05) is 30.1 Å². The van der Waals surface area contributed by atoms with E-state index in [-0.39, 0.29) is 6.42 Å². The Morgan fingerprint density at radius 1 is 1.53 bits per heavy atom. The summed E-state index contributed by atoms with van der Waals surface area (Å²) in [6.45, 7) is 1.18. The quantitative estimate of drug-likeness (QED) is 0.876. The highest BCUT2D eigenvalue weighted by atomic mass is 79.9. The summed E-state index contributed by atoms with van der Waals surface area (Å²) in [5, 5.41) is 8.61. The molecule has 0 spiro atoms. The number of carboxylic acid groups (broad SMARTS) is 1. The van der Waals surface area contributed by atoms with Gasteiger partial charge in [-0.15, -0.1) is 0 Å². The molecule has 94 valence electrons. The van der Waals surface area contributed by atoms with Crippen molar-refractivity contribution in [2.24, 2.45) is 0 Å².